The molecule has 1 saturated heterocycles. The summed E-state index contributed by atoms with van der Waals surface area (Å²) in [4.78, 5) is 4.83. The molecule has 1 aliphatic heterocycles. The molecular formula is C15H21N3O. The van der Waals surface area contributed by atoms with Gasteiger partial charge in [0.2, 0.25) is 0 Å². The van der Waals surface area contributed by atoms with Gasteiger partial charge in [-0.15, -0.1) is 0 Å². The molecule has 0 aliphatic carbocycles. The van der Waals surface area contributed by atoms with Crippen LogP contribution in [0.3, 0.4) is 0 Å². The standard InChI is InChI=1S/C15H21N3O/c1-17(12-18-8-6-16-7-9-18)10-13-11-19-15-5-3-2-4-14(13)15/h2-5,11,16H,6-10,12H2,1H3. The Bertz CT molecular complexity index is 531. The maximum absolute atomic E-state index is 5.59. The predicted octanol–water partition coefficient (Wildman–Crippen LogP) is 1.73. The summed E-state index contributed by atoms with van der Waals surface area (Å²) in [6.45, 7) is 6.42. The second kappa shape index (κ2) is 5.74. The quantitative estimate of drug-likeness (QED) is 0.906. The van der Waals surface area contributed by atoms with Gasteiger partial charge in [-0.05, 0) is 13.1 Å². The lowest BCUT2D eigenvalue weighted by atomic mass is 10.2. The second-order valence-electron chi connectivity index (χ2n) is 5.28. The molecule has 0 bridgehead atoms. The zero-order chi connectivity index (χ0) is 13.1. The Morgan fingerprint density at radius 3 is 2.89 bits per heavy atom. The molecule has 3 rings (SSSR count). The van der Waals surface area contributed by atoms with Gasteiger partial charge in [-0.2, -0.15) is 0 Å². The molecule has 0 spiro atoms. The highest BCUT2D eigenvalue weighted by Gasteiger charge is 2.13. The molecular weight excluding hydrogens is 238 g/mol. The van der Waals surface area contributed by atoms with Crippen molar-refractivity contribution < 1.29 is 4.42 Å². The smallest absolute Gasteiger partial charge is 0.134 e. The highest BCUT2D eigenvalue weighted by atomic mass is 16.3. The Balaban J connectivity index is 1.63. The van der Waals surface area contributed by atoms with Gasteiger partial charge in [0.05, 0.1) is 12.9 Å². The minimum absolute atomic E-state index is 0.931. The molecule has 19 heavy (non-hydrogen) atoms. The minimum atomic E-state index is 0.931. The molecule has 2 heterocycles. The van der Waals surface area contributed by atoms with E-state index in [1.54, 1.807) is 0 Å². The van der Waals surface area contributed by atoms with E-state index in [2.05, 4.69) is 34.3 Å². The lowest BCUT2D eigenvalue weighted by Gasteiger charge is -2.31. The Morgan fingerprint density at radius 1 is 1.26 bits per heavy atom. The number of hydrogen-bond donors (Lipinski definition) is 1. The predicted molar refractivity (Wildman–Crippen MR) is 77.0 cm³/mol. The molecule has 1 fully saturated rings. The first-order valence-corrected chi connectivity index (χ1v) is 6.89. The first-order chi connectivity index (χ1) is 9.33. The monoisotopic (exact) mass is 259 g/mol. The lowest BCUT2D eigenvalue weighted by molar-refractivity contribution is 0.135. The summed E-state index contributed by atoms with van der Waals surface area (Å²) in [6, 6.07) is 8.24. The Morgan fingerprint density at radius 2 is 2.05 bits per heavy atom. The van der Waals surface area contributed by atoms with E-state index in [4.69, 9.17) is 4.42 Å². The maximum Gasteiger partial charge on any atom is 0.134 e. The van der Waals surface area contributed by atoms with Crippen LogP contribution in [0.25, 0.3) is 11.0 Å². The van der Waals surface area contributed by atoms with Crippen LogP contribution < -0.4 is 5.32 Å². The second-order valence-corrected chi connectivity index (χ2v) is 5.28. The van der Waals surface area contributed by atoms with Gasteiger partial charge in [0.1, 0.15) is 5.58 Å². The highest BCUT2D eigenvalue weighted by Crippen LogP contribution is 2.21. The maximum atomic E-state index is 5.59. The van der Waals surface area contributed by atoms with Crippen LogP contribution in [0, 0.1) is 0 Å². The van der Waals surface area contributed by atoms with E-state index in [9.17, 15) is 0 Å². The number of nitrogens with one attached hydrogen (secondary N) is 1. The third-order valence-electron chi connectivity index (χ3n) is 3.65. The molecule has 4 nitrogen and oxygen atoms in total. The largest absolute Gasteiger partial charge is 0.464 e. The van der Waals surface area contributed by atoms with Gasteiger partial charge in [-0.3, -0.25) is 9.80 Å². The number of hydrogen-bond acceptors (Lipinski definition) is 4. The number of para-hydroxylation sites is 1. The van der Waals surface area contributed by atoms with E-state index in [-0.39, 0.29) is 0 Å². The van der Waals surface area contributed by atoms with Crippen LogP contribution in [0.2, 0.25) is 0 Å². The third kappa shape index (κ3) is 2.97. The molecule has 0 atom stereocenters. The van der Waals surface area contributed by atoms with Gasteiger partial charge in [0.15, 0.2) is 0 Å². The summed E-state index contributed by atoms with van der Waals surface area (Å²) in [6.07, 6.45) is 1.89. The zero-order valence-electron chi connectivity index (χ0n) is 11.4. The number of furan rings is 1. The van der Waals surface area contributed by atoms with Gasteiger partial charge in [0.25, 0.3) is 0 Å². The summed E-state index contributed by atoms with van der Waals surface area (Å²) >= 11 is 0. The number of nitrogens with zero attached hydrogens (tertiary/aromatic N) is 2. The van der Waals surface area contributed by atoms with Crippen molar-refractivity contribution in [3.63, 3.8) is 0 Å². The Hall–Kier alpha value is -1.36. The average molecular weight is 259 g/mol. The van der Waals surface area contributed by atoms with E-state index in [0.29, 0.717) is 0 Å². The van der Waals surface area contributed by atoms with Crippen LogP contribution in [-0.4, -0.2) is 49.7 Å². The van der Waals surface area contributed by atoms with E-state index in [0.717, 1.165) is 45.0 Å². The molecule has 2 aromatic rings. The molecule has 102 valence electrons. The van der Waals surface area contributed by atoms with Gasteiger partial charge in [-0.25, -0.2) is 0 Å². The molecule has 4 heteroatoms. The summed E-state index contributed by atoms with van der Waals surface area (Å²) < 4.78 is 5.59. The van der Waals surface area contributed by atoms with Crippen molar-refractivity contribution in [2.45, 2.75) is 6.54 Å². The number of piperazine rings is 1. The minimum Gasteiger partial charge on any atom is -0.464 e. The molecule has 0 saturated carbocycles. The van der Waals surface area contributed by atoms with E-state index in [1.807, 2.05) is 18.4 Å². The van der Waals surface area contributed by atoms with Crippen molar-refractivity contribution in [1.82, 2.24) is 15.1 Å². The summed E-state index contributed by atoms with van der Waals surface area (Å²) in [7, 11) is 2.17. The van der Waals surface area contributed by atoms with Crippen molar-refractivity contribution >= 4 is 11.0 Å². The van der Waals surface area contributed by atoms with Crippen LogP contribution in [0.1, 0.15) is 5.56 Å². The first-order valence-electron chi connectivity index (χ1n) is 6.89. The van der Waals surface area contributed by atoms with Crippen molar-refractivity contribution in [2.75, 3.05) is 39.9 Å². The van der Waals surface area contributed by atoms with Gasteiger partial charge in [-0.1, -0.05) is 18.2 Å². The molecule has 1 aromatic carbocycles. The van der Waals surface area contributed by atoms with Crippen molar-refractivity contribution in [1.29, 1.82) is 0 Å². The molecule has 1 N–H and O–H groups in total. The fraction of sp³-hybridized carbons (Fsp3) is 0.467. The Labute approximate surface area is 114 Å². The molecule has 0 radical (unpaired) electrons. The summed E-state index contributed by atoms with van der Waals surface area (Å²) in [5, 5.41) is 4.61. The first kappa shape index (κ1) is 12.7. The van der Waals surface area contributed by atoms with Crippen LogP contribution in [-0.2, 0) is 6.54 Å². The number of fused-ring (bicyclic) bond motifs is 1. The normalized spacial score (nSPS) is 17.4. The van der Waals surface area contributed by atoms with Crippen LogP contribution >= 0.6 is 0 Å². The average Bonchev–Trinajstić information content (AvgIpc) is 2.83. The summed E-state index contributed by atoms with van der Waals surface area (Å²) in [5.74, 6) is 0. The Kier molecular flexibility index (Phi) is 3.82. The summed E-state index contributed by atoms with van der Waals surface area (Å²) in [5.41, 5.74) is 2.25. The van der Waals surface area contributed by atoms with Crippen molar-refractivity contribution in [3.05, 3.63) is 36.1 Å². The molecule has 1 aliphatic rings. The number of rotatable bonds is 4. The lowest BCUT2D eigenvalue weighted by Crippen LogP contribution is -2.47. The van der Waals surface area contributed by atoms with Gasteiger partial charge in [0, 0.05) is 43.7 Å². The fourth-order valence-corrected chi connectivity index (χ4v) is 2.69. The van der Waals surface area contributed by atoms with E-state index >= 15 is 0 Å². The van der Waals surface area contributed by atoms with Crippen LogP contribution in [0.15, 0.2) is 34.9 Å². The topological polar surface area (TPSA) is 31.7 Å². The third-order valence-corrected chi connectivity index (χ3v) is 3.65. The number of benzene rings is 1. The zero-order valence-corrected chi connectivity index (χ0v) is 11.4. The van der Waals surface area contributed by atoms with Crippen molar-refractivity contribution in [2.24, 2.45) is 0 Å². The SMILES string of the molecule is CN(Cc1coc2ccccc12)CN1CCNCC1. The van der Waals surface area contributed by atoms with Crippen molar-refractivity contribution in [3.8, 4) is 0 Å². The van der Waals surface area contributed by atoms with Gasteiger partial charge >= 0.3 is 0 Å². The molecule has 1 aromatic heterocycles. The fourth-order valence-electron chi connectivity index (χ4n) is 2.69. The van der Waals surface area contributed by atoms with Crippen LogP contribution in [0.5, 0.6) is 0 Å². The highest BCUT2D eigenvalue weighted by molar-refractivity contribution is 5.80. The molecule has 0 amide bonds. The van der Waals surface area contributed by atoms with Gasteiger partial charge < -0.3 is 9.73 Å². The van der Waals surface area contributed by atoms with Crippen LogP contribution in [0.4, 0.5) is 0 Å². The molecule has 0 unspecified atom stereocenters. The van der Waals surface area contributed by atoms with E-state index < -0.39 is 0 Å². The van der Waals surface area contributed by atoms with E-state index in [1.165, 1.54) is 10.9 Å².